The van der Waals surface area contributed by atoms with Crippen molar-refractivity contribution in [2.75, 3.05) is 6.54 Å². The van der Waals surface area contributed by atoms with Crippen molar-refractivity contribution in [2.24, 2.45) is 0 Å². The van der Waals surface area contributed by atoms with E-state index in [-0.39, 0.29) is 6.04 Å². The molecule has 1 aromatic carbocycles. The highest BCUT2D eigenvalue weighted by molar-refractivity contribution is 5.19. The van der Waals surface area contributed by atoms with Gasteiger partial charge in [-0.05, 0) is 19.5 Å². The van der Waals surface area contributed by atoms with Crippen molar-refractivity contribution in [3.63, 3.8) is 0 Å². The molecule has 2 aromatic rings. The first-order valence-electron chi connectivity index (χ1n) is 6.29. The van der Waals surface area contributed by atoms with Gasteiger partial charge < -0.3 is 5.32 Å². The molecule has 102 valence electrons. The van der Waals surface area contributed by atoms with Crippen molar-refractivity contribution in [2.45, 2.75) is 26.4 Å². The zero-order valence-electron chi connectivity index (χ0n) is 11.0. The zero-order valence-corrected chi connectivity index (χ0v) is 11.0. The number of hydrogen-bond acceptors (Lipinski definition) is 2. The van der Waals surface area contributed by atoms with Gasteiger partial charge in [0.25, 0.3) is 0 Å². The van der Waals surface area contributed by atoms with Crippen molar-refractivity contribution >= 4 is 0 Å². The number of halogens is 2. The molecule has 0 spiro atoms. The van der Waals surface area contributed by atoms with E-state index in [1.165, 1.54) is 12.1 Å². The van der Waals surface area contributed by atoms with E-state index < -0.39 is 11.6 Å². The van der Waals surface area contributed by atoms with E-state index in [0.717, 1.165) is 18.2 Å². The third kappa shape index (κ3) is 3.38. The van der Waals surface area contributed by atoms with Gasteiger partial charge >= 0.3 is 0 Å². The summed E-state index contributed by atoms with van der Waals surface area (Å²) in [5.41, 5.74) is 1.47. The molecule has 0 radical (unpaired) electrons. The molecular formula is C14H17F2N3. The first kappa shape index (κ1) is 13.7. The van der Waals surface area contributed by atoms with Crippen LogP contribution in [-0.2, 0) is 6.54 Å². The molecule has 0 amide bonds. The van der Waals surface area contributed by atoms with E-state index in [9.17, 15) is 8.78 Å². The second-order valence-corrected chi connectivity index (χ2v) is 4.49. The van der Waals surface area contributed by atoms with E-state index in [4.69, 9.17) is 0 Å². The lowest BCUT2D eigenvalue weighted by molar-refractivity contribution is 0.557. The highest BCUT2D eigenvalue weighted by Crippen LogP contribution is 2.14. The molecule has 5 heteroatoms. The summed E-state index contributed by atoms with van der Waals surface area (Å²) in [7, 11) is 0. The van der Waals surface area contributed by atoms with Gasteiger partial charge in [0.1, 0.15) is 11.6 Å². The van der Waals surface area contributed by atoms with Crippen molar-refractivity contribution in [1.29, 1.82) is 0 Å². The lowest BCUT2D eigenvalue weighted by Crippen LogP contribution is -2.17. The smallest absolute Gasteiger partial charge is 0.131 e. The minimum atomic E-state index is -0.567. The van der Waals surface area contributed by atoms with E-state index in [0.29, 0.717) is 12.1 Å². The van der Waals surface area contributed by atoms with Gasteiger partial charge in [0.15, 0.2) is 0 Å². The lowest BCUT2D eigenvalue weighted by Gasteiger charge is -2.09. The predicted octanol–water partition coefficient (Wildman–Crippen LogP) is 2.88. The third-order valence-electron chi connectivity index (χ3n) is 3.01. The number of aromatic nitrogens is 2. The van der Waals surface area contributed by atoms with E-state index in [1.807, 2.05) is 20.0 Å². The van der Waals surface area contributed by atoms with Crippen LogP contribution in [-0.4, -0.2) is 16.3 Å². The van der Waals surface area contributed by atoms with Crippen molar-refractivity contribution in [3.05, 3.63) is 53.4 Å². The van der Waals surface area contributed by atoms with E-state index >= 15 is 0 Å². The van der Waals surface area contributed by atoms with Crippen molar-refractivity contribution in [3.8, 4) is 0 Å². The summed E-state index contributed by atoms with van der Waals surface area (Å²) in [6.45, 7) is 5.25. The Morgan fingerprint density at radius 2 is 2.16 bits per heavy atom. The highest BCUT2D eigenvalue weighted by atomic mass is 19.1. The van der Waals surface area contributed by atoms with Crippen molar-refractivity contribution in [1.82, 2.24) is 15.1 Å². The second-order valence-electron chi connectivity index (χ2n) is 4.49. The molecule has 1 unspecified atom stereocenters. The molecule has 0 saturated heterocycles. The fourth-order valence-electron chi connectivity index (χ4n) is 1.94. The Balaban J connectivity index is 2.11. The number of nitrogens with zero attached hydrogens (tertiary/aromatic N) is 2. The van der Waals surface area contributed by atoms with Gasteiger partial charge in [-0.3, -0.25) is 4.68 Å². The molecule has 0 saturated carbocycles. The Labute approximate surface area is 111 Å². The van der Waals surface area contributed by atoms with Gasteiger partial charge in [0.2, 0.25) is 0 Å². The van der Waals surface area contributed by atoms with Crippen LogP contribution in [0.4, 0.5) is 8.78 Å². The van der Waals surface area contributed by atoms with Gasteiger partial charge in [-0.2, -0.15) is 5.10 Å². The second kappa shape index (κ2) is 5.93. The molecule has 1 N–H and O–H groups in total. The highest BCUT2D eigenvalue weighted by Gasteiger charge is 2.09. The first-order chi connectivity index (χ1) is 9.10. The van der Waals surface area contributed by atoms with Crippen LogP contribution in [0.1, 0.15) is 31.0 Å². The quantitative estimate of drug-likeness (QED) is 0.901. The average molecular weight is 265 g/mol. The number of benzene rings is 1. The van der Waals surface area contributed by atoms with Crippen LogP contribution in [0, 0.1) is 11.6 Å². The Hall–Kier alpha value is -1.75. The topological polar surface area (TPSA) is 29.9 Å². The molecule has 19 heavy (non-hydrogen) atoms. The lowest BCUT2D eigenvalue weighted by atomic mass is 10.2. The van der Waals surface area contributed by atoms with Crippen LogP contribution in [0.2, 0.25) is 0 Å². The largest absolute Gasteiger partial charge is 0.310 e. The number of nitrogens with one attached hydrogen (secondary N) is 1. The normalized spacial score (nSPS) is 12.6. The molecule has 0 fully saturated rings. The maximum Gasteiger partial charge on any atom is 0.131 e. The van der Waals surface area contributed by atoms with Crippen LogP contribution in [0.25, 0.3) is 0 Å². The summed E-state index contributed by atoms with van der Waals surface area (Å²) < 4.78 is 28.0. The Bertz CT molecular complexity index is 551. The molecule has 1 aromatic heterocycles. The van der Waals surface area contributed by atoms with Gasteiger partial charge in [-0.15, -0.1) is 0 Å². The van der Waals surface area contributed by atoms with Crippen LogP contribution < -0.4 is 5.32 Å². The summed E-state index contributed by atoms with van der Waals surface area (Å²) in [4.78, 5) is 0. The predicted molar refractivity (Wildman–Crippen MR) is 69.8 cm³/mol. The van der Waals surface area contributed by atoms with Gasteiger partial charge in [0.05, 0.1) is 12.7 Å². The summed E-state index contributed by atoms with van der Waals surface area (Å²) >= 11 is 0. The van der Waals surface area contributed by atoms with Crippen LogP contribution in [0.3, 0.4) is 0 Å². The average Bonchev–Trinajstić information content (AvgIpc) is 2.82. The van der Waals surface area contributed by atoms with Crippen LogP contribution in [0.15, 0.2) is 30.6 Å². The summed E-state index contributed by atoms with van der Waals surface area (Å²) in [6.07, 6.45) is 3.63. The first-order valence-corrected chi connectivity index (χ1v) is 6.29. The van der Waals surface area contributed by atoms with Gasteiger partial charge in [-0.1, -0.05) is 13.0 Å². The minimum Gasteiger partial charge on any atom is -0.310 e. The third-order valence-corrected chi connectivity index (χ3v) is 3.01. The molecule has 0 aliphatic carbocycles. The summed E-state index contributed by atoms with van der Waals surface area (Å²) in [6, 6.07) is 3.79. The SMILES string of the molecule is CCNC(C)c1cnn(Cc2ccc(F)cc2F)c1. The zero-order chi connectivity index (χ0) is 13.8. The monoisotopic (exact) mass is 265 g/mol. The summed E-state index contributed by atoms with van der Waals surface area (Å²) in [5.74, 6) is -1.11. The van der Waals surface area contributed by atoms with Crippen LogP contribution >= 0.6 is 0 Å². The Morgan fingerprint density at radius 3 is 2.84 bits per heavy atom. The maximum absolute atomic E-state index is 13.5. The standard InChI is InChI=1S/C14H17F2N3/c1-3-17-10(2)12-7-18-19(9-12)8-11-4-5-13(15)6-14(11)16/h4-7,9-10,17H,3,8H2,1-2H3. The maximum atomic E-state index is 13.5. The molecule has 1 atom stereocenters. The van der Waals surface area contributed by atoms with Gasteiger partial charge in [0, 0.05) is 29.4 Å². The molecule has 0 bridgehead atoms. The molecule has 3 nitrogen and oxygen atoms in total. The molecule has 0 aliphatic heterocycles. The molecule has 1 heterocycles. The van der Waals surface area contributed by atoms with Crippen molar-refractivity contribution < 1.29 is 8.78 Å². The minimum absolute atomic E-state index is 0.205. The van der Waals surface area contributed by atoms with Crippen LogP contribution in [0.5, 0.6) is 0 Å². The Kier molecular flexibility index (Phi) is 4.27. The fourth-order valence-corrected chi connectivity index (χ4v) is 1.94. The molecule has 0 aliphatic rings. The fraction of sp³-hybridized carbons (Fsp3) is 0.357. The van der Waals surface area contributed by atoms with E-state index in [1.54, 1.807) is 10.9 Å². The van der Waals surface area contributed by atoms with E-state index in [2.05, 4.69) is 10.4 Å². The molecule has 2 rings (SSSR count). The van der Waals surface area contributed by atoms with Gasteiger partial charge in [-0.25, -0.2) is 8.78 Å². The molecular weight excluding hydrogens is 248 g/mol. The number of hydrogen-bond donors (Lipinski definition) is 1. The number of rotatable bonds is 5. The summed E-state index contributed by atoms with van der Waals surface area (Å²) in [5, 5.41) is 7.48. The Morgan fingerprint density at radius 1 is 1.37 bits per heavy atom.